The van der Waals surface area contributed by atoms with Gasteiger partial charge in [-0.1, -0.05) is 51.8 Å². The molecule has 16 heavy (non-hydrogen) atoms. The largest absolute Gasteiger partial charge is 0.324 e. The molecule has 1 aromatic rings. The van der Waals surface area contributed by atoms with Crippen LogP contribution in [0.5, 0.6) is 0 Å². The third kappa shape index (κ3) is 3.34. The maximum Gasteiger partial charge on any atom is 0.0294 e. The lowest BCUT2D eigenvalue weighted by atomic mass is 9.95. The predicted octanol–water partition coefficient (Wildman–Crippen LogP) is 4.00. The summed E-state index contributed by atoms with van der Waals surface area (Å²) in [5.41, 5.74) is 10.4. The van der Waals surface area contributed by atoms with Gasteiger partial charge in [0.05, 0.1) is 0 Å². The first-order valence-electron chi connectivity index (χ1n) is 6.60. The molecule has 0 aromatic heterocycles. The van der Waals surface area contributed by atoms with E-state index in [-0.39, 0.29) is 6.04 Å². The van der Waals surface area contributed by atoms with Gasteiger partial charge in [-0.3, -0.25) is 0 Å². The van der Waals surface area contributed by atoms with E-state index in [9.17, 15) is 0 Å². The summed E-state index contributed by atoms with van der Waals surface area (Å²) in [5, 5.41) is 0. The van der Waals surface area contributed by atoms with Crippen LogP contribution in [0.3, 0.4) is 0 Å². The van der Waals surface area contributed by atoms with Crippen LogP contribution in [-0.4, -0.2) is 0 Å². The van der Waals surface area contributed by atoms with Gasteiger partial charge in [0.1, 0.15) is 0 Å². The van der Waals surface area contributed by atoms with Crippen molar-refractivity contribution in [3.63, 3.8) is 0 Å². The molecular formula is C15H25N. The maximum atomic E-state index is 6.20. The Hall–Kier alpha value is -0.820. The maximum absolute atomic E-state index is 6.20. The van der Waals surface area contributed by atoms with Crippen molar-refractivity contribution in [2.24, 2.45) is 5.73 Å². The van der Waals surface area contributed by atoms with Gasteiger partial charge in [0.15, 0.2) is 0 Å². The lowest BCUT2D eigenvalue weighted by Gasteiger charge is -2.14. The molecule has 1 unspecified atom stereocenters. The van der Waals surface area contributed by atoms with E-state index in [0.29, 0.717) is 0 Å². The van der Waals surface area contributed by atoms with Crippen molar-refractivity contribution in [3.05, 3.63) is 34.9 Å². The van der Waals surface area contributed by atoms with Crippen molar-refractivity contribution in [1.82, 2.24) is 0 Å². The Morgan fingerprint density at radius 1 is 1.06 bits per heavy atom. The molecule has 1 aromatic carbocycles. The van der Waals surface area contributed by atoms with Gasteiger partial charge in [-0.15, -0.1) is 0 Å². The molecule has 0 aliphatic rings. The molecule has 0 bridgehead atoms. The number of aryl methyl sites for hydroxylation is 2. The van der Waals surface area contributed by atoms with Crippen LogP contribution in [0.25, 0.3) is 0 Å². The number of hydrogen-bond donors (Lipinski definition) is 1. The average Bonchev–Trinajstić information content (AvgIpc) is 2.34. The Labute approximate surface area is 100 Å². The van der Waals surface area contributed by atoms with E-state index in [0.717, 1.165) is 19.3 Å². The van der Waals surface area contributed by atoms with Gasteiger partial charge >= 0.3 is 0 Å². The smallest absolute Gasteiger partial charge is 0.0294 e. The molecule has 0 heterocycles. The first-order chi connectivity index (χ1) is 7.72. The fourth-order valence-corrected chi connectivity index (χ4v) is 2.14. The van der Waals surface area contributed by atoms with Gasteiger partial charge in [0.2, 0.25) is 0 Å². The van der Waals surface area contributed by atoms with Crippen LogP contribution in [0.2, 0.25) is 0 Å². The lowest BCUT2D eigenvalue weighted by Crippen LogP contribution is -2.10. The number of rotatable bonds is 6. The molecule has 0 radical (unpaired) electrons. The first kappa shape index (κ1) is 13.2. The molecule has 0 aliphatic heterocycles. The van der Waals surface area contributed by atoms with Crippen LogP contribution in [0, 0.1) is 0 Å². The molecule has 0 aliphatic carbocycles. The second kappa shape index (κ2) is 6.70. The van der Waals surface area contributed by atoms with Crippen molar-refractivity contribution in [1.29, 1.82) is 0 Å². The van der Waals surface area contributed by atoms with Gasteiger partial charge in [-0.2, -0.15) is 0 Å². The zero-order valence-electron chi connectivity index (χ0n) is 10.9. The molecule has 0 saturated heterocycles. The summed E-state index contributed by atoms with van der Waals surface area (Å²) in [6.45, 7) is 6.64. The molecule has 1 rings (SSSR count). The second-order valence-electron chi connectivity index (χ2n) is 4.48. The molecular weight excluding hydrogens is 194 g/mol. The van der Waals surface area contributed by atoms with E-state index >= 15 is 0 Å². The Morgan fingerprint density at radius 3 is 2.31 bits per heavy atom. The number of benzene rings is 1. The van der Waals surface area contributed by atoms with Crippen molar-refractivity contribution in [2.75, 3.05) is 0 Å². The van der Waals surface area contributed by atoms with E-state index in [4.69, 9.17) is 5.73 Å². The lowest BCUT2D eigenvalue weighted by molar-refractivity contribution is 0.602. The zero-order valence-corrected chi connectivity index (χ0v) is 10.9. The third-order valence-electron chi connectivity index (χ3n) is 3.29. The molecule has 0 amide bonds. The Bertz CT molecular complexity index is 317. The summed E-state index contributed by atoms with van der Waals surface area (Å²) in [6, 6.07) is 6.98. The molecule has 1 nitrogen and oxygen atoms in total. The van der Waals surface area contributed by atoms with E-state index in [2.05, 4.69) is 39.0 Å². The Balaban J connectivity index is 2.81. The van der Waals surface area contributed by atoms with Gasteiger partial charge in [0.25, 0.3) is 0 Å². The average molecular weight is 219 g/mol. The van der Waals surface area contributed by atoms with E-state index in [1.54, 1.807) is 0 Å². The highest BCUT2D eigenvalue weighted by atomic mass is 14.6. The summed E-state index contributed by atoms with van der Waals surface area (Å²) in [7, 11) is 0. The van der Waals surface area contributed by atoms with Crippen molar-refractivity contribution >= 4 is 0 Å². The van der Waals surface area contributed by atoms with Crippen molar-refractivity contribution < 1.29 is 0 Å². The van der Waals surface area contributed by atoms with Crippen molar-refractivity contribution in [3.8, 4) is 0 Å². The summed E-state index contributed by atoms with van der Waals surface area (Å²) in [5.74, 6) is 0. The summed E-state index contributed by atoms with van der Waals surface area (Å²) >= 11 is 0. The Kier molecular flexibility index (Phi) is 5.54. The van der Waals surface area contributed by atoms with Gasteiger partial charge in [-0.05, 0) is 36.0 Å². The number of nitrogens with two attached hydrogens (primary N) is 1. The fraction of sp³-hybridized carbons (Fsp3) is 0.600. The molecule has 90 valence electrons. The highest BCUT2D eigenvalue weighted by Gasteiger charge is 2.07. The van der Waals surface area contributed by atoms with Crippen molar-refractivity contribution in [2.45, 2.75) is 58.9 Å². The molecule has 1 heteroatoms. The summed E-state index contributed by atoms with van der Waals surface area (Å²) in [6.07, 6.45) is 5.77. The minimum Gasteiger partial charge on any atom is -0.324 e. The fourth-order valence-electron chi connectivity index (χ4n) is 2.14. The minimum absolute atomic E-state index is 0.219. The summed E-state index contributed by atoms with van der Waals surface area (Å²) in [4.78, 5) is 0. The van der Waals surface area contributed by atoms with Gasteiger partial charge < -0.3 is 5.73 Å². The predicted molar refractivity (Wildman–Crippen MR) is 71.7 cm³/mol. The molecule has 0 saturated carbocycles. The van der Waals surface area contributed by atoms with Gasteiger partial charge in [-0.25, -0.2) is 0 Å². The second-order valence-corrected chi connectivity index (χ2v) is 4.48. The topological polar surface area (TPSA) is 26.0 Å². The first-order valence-corrected chi connectivity index (χ1v) is 6.60. The molecule has 1 atom stereocenters. The minimum atomic E-state index is 0.219. The highest BCUT2D eigenvalue weighted by molar-refractivity contribution is 5.33. The van der Waals surface area contributed by atoms with E-state index in [1.807, 2.05) is 0 Å². The van der Waals surface area contributed by atoms with Crippen LogP contribution in [0.4, 0.5) is 0 Å². The number of hydrogen-bond acceptors (Lipinski definition) is 1. The SMILES string of the molecule is CCCCC(N)c1ccc(CC)c(CC)c1. The third-order valence-corrected chi connectivity index (χ3v) is 3.29. The highest BCUT2D eigenvalue weighted by Crippen LogP contribution is 2.21. The normalized spacial score (nSPS) is 12.8. The van der Waals surface area contributed by atoms with E-state index < -0.39 is 0 Å². The molecule has 2 N–H and O–H groups in total. The number of unbranched alkanes of at least 4 members (excludes halogenated alkanes) is 1. The molecule has 0 spiro atoms. The Morgan fingerprint density at radius 2 is 1.75 bits per heavy atom. The molecule has 0 fully saturated rings. The van der Waals surface area contributed by atoms with Crippen LogP contribution >= 0.6 is 0 Å². The quantitative estimate of drug-likeness (QED) is 0.769. The zero-order chi connectivity index (χ0) is 12.0. The summed E-state index contributed by atoms with van der Waals surface area (Å²) < 4.78 is 0. The van der Waals surface area contributed by atoms with Gasteiger partial charge in [0, 0.05) is 6.04 Å². The van der Waals surface area contributed by atoms with E-state index in [1.165, 1.54) is 29.5 Å². The standard InChI is InChI=1S/C15H25N/c1-4-7-8-15(16)14-10-9-12(5-2)13(6-3)11-14/h9-11,15H,4-8,16H2,1-3H3. The van der Waals surface area contributed by atoms with Crippen LogP contribution in [-0.2, 0) is 12.8 Å². The van der Waals surface area contributed by atoms with Crippen LogP contribution in [0.1, 0.15) is 62.8 Å². The van der Waals surface area contributed by atoms with Crippen LogP contribution < -0.4 is 5.73 Å². The monoisotopic (exact) mass is 219 g/mol. The van der Waals surface area contributed by atoms with Crippen LogP contribution in [0.15, 0.2) is 18.2 Å².